The minimum Gasteiger partial charge on any atom is -0.376 e. The van der Waals surface area contributed by atoms with E-state index in [-0.39, 0.29) is 17.7 Å². The number of nitrogens with one attached hydrogen (secondary N) is 2. The first-order valence-electron chi connectivity index (χ1n) is 11.6. The number of imidazole rings is 1. The molecule has 10 heteroatoms. The molecule has 6 rings (SSSR count). The zero-order valence-corrected chi connectivity index (χ0v) is 18.9. The summed E-state index contributed by atoms with van der Waals surface area (Å²) in [5, 5.41) is 11.9. The van der Waals surface area contributed by atoms with Gasteiger partial charge in [0.2, 0.25) is 0 Å². The van der Waals surface area contributed by atoms with E-state index in [2.05, 4.69) is 20.5 Å². The van der Waals surface area contributed by atoms with E-state index < -0.39 is 5.82 Å². The van der Waals surface area contributed by atoms with Crippen LogP contribution in [-0.4, -0.2) is 64.0 Å². The Morgan fingerprint density at radius 1 is 1.26 bits per heavy atom. The Morgan fingerprint density at radius 2 is 2.09 bits per heavy atom. The minimum atomic E-state index is -0.491. The molecular formula is C24H26FN7O2. The minimum absolute atomic E-state index is 0.155. The summed E-state index contributed by atoms with van der Waals surface area (Å²) in [6.45, 7) is 6.83. The molecule has 2 aliphatic rings. The number of hydrogen-bond donors (Lipinski definition) is 2. The number of hydrogen-bond acceptors (Lipinski definition) is 6. The molecule has 1 aromatic carbocycles. The quantitative estimate of drug-likeness (QED) is 0.473. The highest BCUT2D eigenvalue weighted by atomic mass is 19.1. The molecule has 0 aliphatic carbocycles. The Kier molecular flexibility index (Phi) is 5.19. The van der Waals surface area contributed by atoms with Gasteiger partial charge in [0.15, 0.2) is 11.5 Å². The second-order valence-corrected chi connectivity index (χ2v) is 8.91. The predicted molar refractivity (Wildman–Crippen MR) is 127 cm³/mol. The maximum absolute atomic E-state index is 14.5. The summed E-state index contributed by atoms with van der Waals surface area (Å²) < 4.78 is 23.5. The van der Waals surface area contributed by atoms with Gasteiger partial charge in [-0.3, -0.25) is 9.48 Å². The fourth-order valence-electron chi connectivity index (χ4n) is 4.68. The van der Waals surface area contributed by atoms with Crippen molar-refractivity contribution >= 4 is 33.8 Å². The molecule has 2 saturated heterocycles. The Hall–Kier alpha value is -3.50. The third-order valence-electron chi connectivity index (χ3n) is 6.47. The molecule has 34 heavy (non-hydrogen) atoms. The number of rotatable bonds is 5. The summed E-state index contributed by atoms with van der Waals surface area (Å²) >= 11 is 0. The fourth-order valence-corrected chi connectivity index (χ4v) is 4.68. The Labute approximate surface area is 195 Å². The van der Waals surface area contributed by atoms with Crippen molar-refractivity contribution in [1.82, 2.24) is 24.5 Å². The Balaban J connectivity index is 1.36. The van der Waals surface area contributed by atoms with Gasteiger partial charge >= 0.3 is 0 Å². The number of carbonyl (C=O) groups is 1. The van der Waals surface area contributed by atoms with Crippen LogP contribution in [0.3, 0.4) is 0 Å². The first-order valence-corrected chi connectivity index (χ1v) is 11.6. The van der Waals surface area contributed by atoms with Crippen molar-refractivity contribution in [1.29, 1.82) is 0 Å². The average Bonchev–Trinajstić information content (AvgIpc) is 3.39. The highest BCUT2D eigenvalue weighted by Crippen LogP contribution is 2.30. The molecule has 1 unspecified atom stereocenters. The summed E-state index contributed by atoms with van der Waals surface area (Å²) in [5.74, 6) is -0.826. The van der Waals surface area contributed by atoms with E-state index in [4.69, 9.17) is 9.84 Å². The van der Waals surface area contributed by atoms with Crippen molar-refractivity contribution in [3.63, 3.8) is 0 Å². The molecule has 0 spiro atoms. The summed E-state index contributed by atoms with van der Waals surface area (Å²) in [5.41, 5.74) is 3.44. The van der Waals surface area contributed by atoms with Gasteiger partial charge in [0, 0.05) is 68.5 Å². The lowest BCUT2D eigenvalue weighted by atomic mass is 10.1. The molecule has 0 saturated carbocycles. The SMILES string of the molecule is Cc1cn2cc(NC(=O)c3ccc(N4CCNCC4)c4cn(CC5CCO5)nc34)cc(F)c2n1. The molecule has 2 aliphatic heterocycles. The van der Waals surface area contributed by atoms with E-state index in [1.807, 2.05) is 23.0 Å². The molecule has 5 heterocycles. The van der Waals surface area contributed by atoms with Crippen LogP contribution in [0.4, 0.5) is 15.8 Å². The van der Waals surface area contributed by atoms with E-state index in [1.165, 1.54) is 6.07 Å². The monoisotopic (exact) mass is 463 g/mol. The summed E-state index contributed by atoms with van der Waals surface area (Å²) in [7, 11) is 0. The van der Waals surface area contributed by atoms with Crippen molar-refractivity contribution in [3.05, 3.63) is 53.9 Å². The smallest absolute Gasteiger partial charge is 0.257 e. The first kappa shape index (κ1) is 21.1. The maximum Gasteiger partial charge on any atom is 0.257 e. The zero-order valence-electron chi connectivity index (χ0n) is 18.9. The molecule has 0 radical (unpaired) electrons. The highest BCUT2D eigenvalue weighted by molar-refractivity contribution is 6.13. The maximum atomic E-state index is 14.5. The molecule has 1 atom stereocenters. The second kappa shape index (κ2) is 8.37. The Bertz CT molecular complexity index is 1390. The van der Waals surface area contributed by atoms with Gasteiger partial charge in [-0.1, -0.05) is 0 Å². The van der Waals surface area contributed by atoms with Crippen LogP contribution in [0.2, 0.25) is 0 Å². The van der Waals surface area contributed by atoms with Crippen LogP contribution in [0.5, 0.6) is 0 Å². The average molecular weight is 464 g/mol. The number of ether oxygens (including phenoxy) is 1. The van der Waals surface area contributed by atoms with Crippen molar-refractivity contribution in [2.45, 2.75) is 26.0 Å². The van der Waals surface area contributed by atoms with Gasteiger partial charge < -0.3 is 24.7 Å². The number of aromatic nitrogens is 4. The van der Waals surface area contributed by atoms with Gasteiger partial charge in [0.05, 0.1) is 29.6 Å². The van der Waals surface area contributed by atoms with Crippen LogP contribution in [0.1, 0.15) is 22.5 Å². The fraction of sp³-hybridized carbons (Fsp3) is 0.375. The van der Waals surface area contributed by atoms with E-state index in [0.29, 0.717) is 29.0 Å². The van der Waals surface area contributed by atoms with Crippen LogP contribution in [0.15, 0.2) is 36.8 Å². The molecule has 1 amide bonds. The zero-order chi connectivity index (χ0) is 23.2. The lowest BCUT2D eigenvalue weighted by molar-refractivity contribution is -0.0608. The van der Waals surface area contributed by atoms with Gasteiger partial charge in [0.25, 0.3) is 5.91 Å². The summed E-state index contributed by atoms with van der Waals surface area (Å²) in [4.78, 5) is 19.8. The van der Waals surface area contributed by atoms with Gasteiger partial charge in [-0.25, -0.2) is 9.37 Å². The highest BCUT2D eigenvalue weighted by Gasteiger charge is 2.23. The summed E-state index contributed by atoms with van der Waals surface area (Å²) in [6, 6.07) is 5.08. The largest absolute Gasteiger partial charge is 0.376 e. The van der Waals surface area contributed by atoms with E-state index in [9.17, 15) is 9.18 Å². The third-order valence-corrected chi connectivity index (χ3v) is 6.47. The molecular weight excluding hydrogens is 437 g/mol. The van der Waals surface area contributed by atoms with Gasteiger partial charge in [-0.05, 0) is 25.5 Å². The lowest BCUT2D eigenvalue weighted by Crippen LogP contribution is -2.43. The van der Waals surface area contributed by atoms with Crippen molar-refractivity contribution in [2.75, 3.05) is 43.0 Å². The number of nitrogens with zero attached hydrogens (tertiary/aromatic N) is 5. The normalized spacial score (nSPS) is 18.4. The van der Waals surface area contributed by atoms with Gasteiger partial charge in [-0.15, -0.1) is 0 Å². The molecule has 2 fully saturated rings. The second-order valence-electron chi connectivity index (χ2n) is 8.91. The number of benzene rings is 1. The van der Waals surface area contributed by atoms with E-state index >= 15 is 0 Å². The van der Waals surface area contributed by atoms with E-state index in [0.717, 1.165) is 50.3 Å². The number of carbonyl (C=O) groups excluding carboxylic acids is 1. The number of anilines is 2. The van der Waals surface area contributed by atoms with Crippen LogP contribution in [0, 0.1) is 12.7 Å². The molecule has 9 nitrogen and oxygen atoms in total. The van der Waals surface area contributed by atoms with Gasteiger partial charge in [0.1, 0.15) is 5.52 Å². The lowest BCUT2D eigenvalue weighted by Gasteiger charge is -2.30. The molecule has 4 aromatic rings. The summed E-state index contributed by atoms with van der Waals surface area (Å²) in [6.07, 6.45) is 6.55. The van der Waals surface area contributed by atoms with Crippen LogP contribution < -0.4 is 15.5 Å². The number of amides is 1. The molecule has 176 valence electrons. The number of halogens is 1. The first-order chi connectivity index (χ1) is 16.5. The number of fused-ring (bicyclic) bond motifs is 2. The topological polar surface area (TPSA) is 88.7 Å². The van der Waals surface area contributed by atoms with Crippen LogP contribution in [-0.2, 0) is 11.3 Å². The Morgan fingerprint density at radius 3 is 2.85 bits per heavy atom. The molecule has 0 bridgehead atoms. The number of piperazine rings is 1. The van der Waals surface area contributed by atoms with Crippen molar-refractivity contribution in [2.24, 2.45) is 0 Å². The number of aryl methyl sites for hydroxylation is 1. The van der Waals surface area contributed by atoms with Crippen LogP contribution >= 0.6 is 0 Å². The predicted octanol–water partition coefficient (Wildman–Crippen LogP) is 2.58. The standard InChI is InChI=1S/C24H26FN7O2/c1-15-11-31-12-16(10-20(25)23(31)27-15)28-24(33)18-2-3-21(30-7-5-26-6-8-30)19-14-32(29-22(18)19)13-17-4-9-34-17/h2-3,10-12,14,17,26H,4-9,13H2,1H3,(H,28,33). The third kappa shape index (κ3) is 3.78. The van der Waals surface area contributed by atoms with E-state index in [1.54, 1.807) is 23.7 Å². The van der Waals surface area contributed by atoms with Crippen molar-refractivity contribution in [3.8, 4) is 0 Å². The van der Waals surface area contributed by atoms with Crippen LogP contribution in [0.25, 0.3) is 16.6 Å². The molecule has 3 aromatic heterocycles. The molecule has 2 N–H and O–H groups in total. The number of pyridine rings is 1. The van der Waals surface area contributed by atoms with Gasteiger partial charge in [-0.2, -0.15) is 5.10 Å². The van der Waals surface area contributed by atoms with Crippen molar-refractivity contribution < 1.29 is 13.9 Å².